The second kappa shape index (κ2) is 6.25. The van der Waals surface area contributed by atoms with Crippen molar-refractivity contribution in [1.29, 1.82) is 0 Å². The minimum atomic E-state index is -4.40. The van der Waals surface area contributed by atoms with Crippen molar-refractivity contribution in [3.63, 3.8) is 0 Å². The molecular formula is C14H15F3N2O3. The fourth-order valence-electron chi connectivity index (χ4n) is 2.33. The monoisotopic (exact) mass is 316 g/mol. The van der Waals surface area contributed by atoms with Crippen molar-refractivity contribution in [2.75, 3.05) is 13.1 Å². The number of carbonyl (C=O) groups is 2. The van der Waals surface area contributed by atoms with E-state index >= 15 is 0 Å². The van der Waals surface area contributed by atoms with Crippen LogP contribution in [0.2, 0.25) is 0 Å². The van der Waals surface area contributed by atoms with E-state index in [4.69, 9.17) is 5.11 Å². The standard InChI is InChI=1S/C14H15F3N2O3/c15-14(16,17)10-3-1-9(2-4-10)7-12(20)18-11-5-6-19(8-11)13(21)22/h1-4,11H,5-8H2,(H,18,20)(H,21,22). The normalized spacial score (nSPS) is 18.3. The van der Waals surface area contributed by atoms with Gasteiger partial charge in [0.2, 0.25) is 5.91 Å². The van der Waals surface area contributed by atoms with E-state index in [1.54, 1.807) is 0 Å². The quantitative estimate of drug-likeness (QED) is 0.897. The van der Waals surface area contributed by atoms with Gasteiger partial charge in [0.05, 0.1) is 12.0 Å². The van der Waals surface area contributed by atoms with Gasteiger partial charge >= 0.3 is 12.3 Å². The van der Waals surface area contributed by atoms with E-state index in [0.29, 0.717) is 18.5 Å². The number of alkyl halides is 3. The van der Waals surface area contributed by atoms with E-state index < -0.39 is 17.8 Å². The van der Waals surface area contributed by atoms with Gasteiger partial charge in [0.25, 0.3) is 0 Å². The molecule has 2 amide bonds. The van der Waals surface area contributed by atoms with E-state index in [2.05, 4.69) is 5.32 Å². The molecule has 5 nitrogen and oxygen atoms in total. The van der Waals surface area contributed by atoms with Gasteiger partial charge in [-0.15, -0.1) is 0 Å². The molecule has 2 N–H and O–H groups in total. The maximum Gasteiger partial charge on any atom is 0.416 e. The molecule has 0 radical (unpaired) electrons. The molecule has 0 bridgehead atoms. The Bertz CT molecular complexity index is 557. The van der Waals surface area contributed by atoms with Gasteiger partial charge in [-0.25, -0.2) is 4.79 Å². The van der Waals surface area contributed by atoms with Crippen LogP contribution in [0.15, 0.2) is 24.3 Å². The molecule has 1 fully saturated rings. The molecule has 1 heterocycles. The van der Waals surface area contributed by atoms with Crippen LogP contribution >= 0.6 is 0 Å². The topological polar surface area (TPSA) is 69.6 Å². The number of rotatable bonds is 3. The average Bonchev–Trinajstić information content (AvgIpc) is 2.86. The lowest BCUT2D eigenvalue weighted by Crippen LogP contribution is -2.38. The summed E-state index contributed by atoms with van der Waals surface area (Å²) in [4.78, 5) is 23.8. The highest BCUT2D eigenvalue weighted by Crippen LogP contribution is 2.29. The molecule has 1 saturated heterocycles. The predicted octanol–water partition coefficient (Wildman–Crippen LogP) is 2.12. The van der Waals surface area contributed by atoms with Crippen molar-refractivity contribution in [3.05, 3.63) is 35.4 Å². The Hall–Kier alpha value is -2.25. The molecule has 120 valence electrons. The van der Waals surface area contributed by atoms with E-state index in [9.17, 15) is 22.8 Å². The van der Waals surface area contributed by atoms with Crippen LogP contribution < -0.4 is 5.32 Å². The fourth-order valence-corrected chi connectivity index (χ4v) is 2.33. The van der Waals surface area contributed by atoms with Crippen molar-refractivity contribution in [2.24, 2.45) is 0 Å². The third kappa shape index (κ3) is 4.12. The highest BCUT2D eigenvalue weighted by Gasteiger charge is 2.30. The number of benzene rings is 1. The lowest BCUT2D eigenvalue weighted by atomic mass is 10.1. The molecular weight excluding hydrogens is 301 g/mol. The van der Waals surface area contributed by atoms with Crippen molar-refractivity contribution in [1.82, 2.24) is 10.2 Å². The summed E-state index contributed by atoms with van der Waals surface area (Å²) < 4.78 is 37.3. The van der Waals surface area contributed by atoms with Gasteiger partial charge < -0.3 is 15.3 Å². The minimum Gasteiger partial charge on any atom is -0.465 e. The molecule has 0 aromatic heterocycles. The third-order valence-electron chi connectivity index (χ3n) is 3.47. The molecule has 0 spiro atoms. The third-order valence-corrected chi connectivity index (χ3v) is 3.47. The summed E-state index contributed by atoms with van der Waals surface area (Å²) in [6, 6.07) is 4.15. The Labute approximate surface area is 124 Å². The van der Waals surface area contributed by atoms with Crippen molar-refractivity contribution < 1.29 is 27.9 Å². The molecule has 0 aliphatic carbocycles. The summed E-state index contributed by atoms with van der Waals surface area (Å²) in [6.45, 7) is 0.592. The first-order valence-electron chi connectivity index (χ1n) is 6.69. The van der Waals surface area contributed by atoms with Crippen molar-refractivity contribution >= 4 is 12.0 Å². The molecule has 8 heteroatoms. The van der Waals surface area contributed by atoms with Crippen LogP contribution in [0, 0.1) is 0 Å². The molecule has 1 atom stereocenters. The molecule has 22 heavy (non-hydrogen) atoms. The number of amides is 2. The number of halogens is 3. The van der Waals surface area contributed by atoms with Crippen LogP contribution in [-0.4, -0.2) is 41.1 Å². The number of hydrogen-bond acceptors (Lipinski definition) is 2. The molecule has 1 unspecified atom stereocenters. The first-order valence-corrected chi connectivity index (χ1v) is 6.69. The second-order valence-electron chi connectivity index (χ2n) is 5.15. The first-order chi connectivity index (χ1) is 10.3. The number of carbonyl (C=O) groups excluding carboxylic acids is 1. The second-order valence-corrected chi connectivity index (χ2v) is 5.15. The van der Waals surface area contributed by atoms with Gasteiger partial charge in [-0.1, -0.05) is 12.1 Å². The molecule has 1 aromatic rings. The summed E-state index contributed by atoms with van der Waals surface area (Å²) in [5.74, 6) is -0.336. The summed E-state index contributed by atoms with van der Waals surface area (Å²) in [5.41, 5.74) is -0.289. The van der Waals surface area contributed by atoms with E-state index in [-0.39, 0.29) is 24.9 Å². The maximum absolute atomic E-state index is 12.4. The molecule has 1 aliphatic rings. The van der Waals surface area contributed by atoms with Gasteiger partial charge in [-0.05, 0) is 24.1 Å². The zero-order valence-electron chi connectivity index (χ0n) is 11.6. The smallest absolute Gasteiger partial charge is 0.416 e. The maximum atomic E-state index is 12.4. The summed E-state index contributed by atoms with van der Waals surface area (Å²) in [6.07, 6.45) is -4.93. The van der Waals surface area contributed by atoms with Gasteiger partial charge in [-0.3, -0.25) is 4.79 Å². The Morgan fingerprint density at radius 1 is 1.27 bits per heavy atom. The first kappa shape index (κ1) is 16.1. The highest BCUT2D eigenvalue weighted by atomic mass is 19.4. The Morgan fingerprint density at radius 2 is 1.91 bits per heavy atom. The average molecular weight is 316 g/mol. The zero-order chi connectivity index (χ0) is 16.3. The fraction of sp³-hybridized carbons (Fsp3) is 0.429. The Morgan fingerprint density at radius 3 is 2.41 bits per heavy atom. The number of nitrogens with zero attached hydrogens (tertiary/aromatic N) is 1. The number of nitrogens with one attached hydrogen (secondary N) is 1. The summed E-state index contributed by atoms with van der Waals surface area (Å²) >= 11 is 0. The van der Waals surface area contributed by atoms with E-state index in [1.807, 2.05) is 0 Å². The summed E-state index contributed by atoms with van der Waals surface area (Å²) in [7, 11) is 0. The van der Waals surface area contributed by atoms with E-state index in [0.717, 1.165) is 12.1 Å². The van der Waals surface area contributed by atoms with Crippen molar-refractivity contribution in [2.45, 2.75) is 25.1 Å². The molecule has 1 aromatic carbocycles. The van der Waals surface area contributed by atoms with Crippen molar-refractivity contribution in [3.8, 4) is 0 Å². The predicted molar refractivity (Wildman–Crippen MR) is 71.3 cm³/mol. The van der Waals surface area contributed by atoms with Crippen LogP contribution in [0.25, 0.3) is 0 Å². The Balaban J connectivity index is 1.86. The molecule has 0 saturated carbocycles. The van der Waals surface area contributed by atoms with Gasteiger partial charge in [0.15, 0.2) is 0 Å². The van der Waals surface area contributed by atoms with Crippen LogP contribution in [0.3, 0.4) is 0 Å². The van der Waals surface area contributed by atoms with Crippen LogP contribution in [0.4, 0.5) is 18.0 Å². The largest absolute Gasteiger partial charge is 0.465 e. The number of likely N-dealkylation sites (tertiary alicyclic amines) is 1. The van der Waals surface area contributed by atoms with Gasteiger partial charge in [0, 0.05) is 19.1 Å². The van der Waals surface area contributed by atoms with E-state index in [1.165, 1.54) is 17.0 Å². The minimum absolute atomic E-state index is 0.0400. The molecule has 1 aliphatic heterocycles. The van der Waals surface area contributed by atoms with Gasteiger partial charge in [0.1, 0.15) is 0 Å². The molecule has 2 rings (SSSR count). The lowest BCUT2D eigenvalue weighted by Gasteiger charge is -2.14. The Kier molecular flexibility index (Phi) is 4.58. The van der Waals surface area contributed by atoms with Gasteiger partial charge in [-0.2, -0.15) is 13.2 Å². The number of hydrogen-bond donors (Lipinski definition) is 2. The van der Waals surface area contributed by atoms with Crippen LogP contribution in [-0.2, 0) is 17.4 Å². The lowest BCUT2D eigenvalue weighted by molar-refractivity contribution is -0.137. The highest BCUT2D eigenvalue weighted by molar-refractivity contribution is 5.79. The van der Waals surface area contributed by atoms with Crippen LogP contribution in [0.1, 0.15) is 17.5 Å². The zero-order valence-corrected chi connectivity index (χ0v) is 11.6. The SMILES string of the molecule is O=C(Cc1ccc(C(F)(F)F)cc1)NC1CCN(C(=O)O)C1. The number of carboxylic acid groups (broad SMARTS) is 1. The summed E-state index contributed by atoms with van der Waals surface area (Å²) in [5, 5.41) is 11.5. The van der Waals surface area contributed by atoms with Crippen LogP contribution in [0.5, 0.6) is 0 Å².